The van der Waals surface area contributed by atoms with Gasteiger partial charge in [-0.25, -0.2) is 9.78 Å². The number of hydrogen-bond acceptors (Lipinski definition) is 6. The van der Waals surface area contributed by atoms with Gasteiger partial charge in [0.2, 0.25) is 0 Å². The Kier molecular flexibility index (Phi) is 4.42. The molecular formula is C20H17N3O3S. The van der Waals surface area contributed by atoms with E-state index in [0.29, 0.717) is 10.7 Å². The van der Waals surface area contributed by atoms with Gasteiger partial charge >= 0.3 is 5.97 Å². The molecule has 2 aromatic heterocycles. The quantitative estimate of drug-likeness (QED) is 0.423. The zero-order valence-electron chi connectivity index (χ0n) is 14.7. The summed E-state index contributed by atoms with van der Waals surface area (Å²) in [6.07, 6.45) is 3.13. The second kappa shape index (κ2) is 6.89. The Bertz CT molecular complexity index is 1100. The number of aryl methyl sites for hydroxylation is 3. The summed E-state index contributed by atoms with van der Waals surface area (Å²) in [5, 5.41) is 19.9. The molecule has 1 N–H and O–H groups in total. The summed E-state index contributed by atoms with van der Waals surface area (Å²) >= 11 is 1.44. The van der Waals surface area contributed by atoms with Gasteiger partial charge in [-0.15, -0.1) is 11.3 Å². The predicted molar refractivity (Wildman–Crippen MR) is 103 cm³/mol. The Balaban J connectivity index is 1.55. The molecule has 136 valence electrons. The Labute approximate surface area is 160 Å². The van der Waals surface area contributed by atoms with E-state index >= 15 is 0 Å². The fourth-order valence-corrected chi connectivity index (χ4v) is 4.47. The first-order valence-corrected chi connectivity index (χ1v) is 9.43. The lowest BCUT2D eigenvalue weighted by atomic mass is 10.2. The zero-order valence-corrected chi connectivity index (χ0v) is 15.5. The number of nitriles is 1. The number of esters is 1. The fraction of sp³-hybridized carbons (Fsp3) is 0.250. The lowest BCUT2D eigenvalue weighted by Crippen LogP contribution is -2.09. The van der Waals surface area contributed by atoms with Gasteiger partial charge in [0.25, 0.3) is 0 Å². The number of nitrogens with zero attached hydrogens (tertiary/aromatic N) is 3. The average molecular weight is 379 g/mol. The van der Waals surface area contributed by atoms with Crippen molar-refractivity contribution in [3.8, 4) is 6.07 Å². The smallest absolute Gasteiger partial charge is 0.348 e. The number of fused-ring (bicyclic) bond motifs is 2. The monoisotopic (exact) mass is 379 g/mol. The zero-order chi connectivity index (χ0) is 19.0. The molecule has 0 atom stereocenters. The number of carbonyl (C=O) groups is 1. The van der Waals surface area contributed by atoms with Crippen LogP contribution in [0.5, 0.6) is 0 Å². The minimum atomic E-state index is -0.483. The van der Waals surface area contributed by atoms with Crippen LogP contribution in [0.3, 0.4) is 0 Å². The number of rotatable bonds is 4. The van der Waals surface area contributed by atoms with Crippen LogP contribution < -0.4 is 0 Å². The normalized spacial score (nSPS) is 13.9. The Morgan fingerprint density at radius 2 is 2.22 bits per heavy atom. The highest BCUT2D eigenvalue weighted by atomic mass is 32.1. The van der Waals surface area contributed by atoms with E-state index in [1.165, 1.54) is 21.8 Å². The molecule has 0 amide bonds. The molecule has 1 aromatic carbocycles. The summed E-state index contributed by atoms with van der Waals surface area (Å²) in [5.41, 5.74) is 2.78. The minimum absolute atomic E-state index is 0.00447. The van der Waals surface area contributed by atoms with Crippen LogP contribution in [0.4, 0.5) is 0 Å². The Morgan fingerprint density at radius 3 is 2.96 bits per heavy atom. The Morgan fingerprint density at radius 1 is 1.41 bits per heavy atom. The Hall–Kier alpha value is -3.11. The van der Waals surface area contributed by atoms with Gasteiger partial charge in [-0.3, -0.25) is 0 Å². The number of hydrogen-bond donors (Lipinski definition) is 1. The average Bonchev–Trinajstić information content (AvgIpc) is 3.35. The molecule has 1 aliphatic carbocycles. The number of aliphatic hydroxyl groups is 1. The van der Waals surface area contributed by atoms with Crippen molar-refractivity contribution in [2.24, 2.45) is 7.05 Å². The highest BCUT2D eigenvalue weighted by Gasteiger charge is 2.21. The second-order valence-corrected chi connectivity index (χ2v) is 7.54. The number of ether oxygens (including phenoxy) is 1. The predicted octanol–water partition coefficient (Wildman–Crippen LogP) is 3.77. The van der Waals surface area contributed by atoms with E-state index in [4.69, 9.17) is 4.74 Å². The highest BCUT2D eigenvalue weighted by Crippen LogP contribution is 2.31. The van der Waals surface area contributed by atoms with Crippen molar-refractivity contribution in [1.29, 1.82) is 5.26 Å². The van der Waals surface area contributed by atoms with Crippen molar-refractivity contribution >= 4 is 33.9 Å². The number of aliphatic hydroxyl groups excluding tert-OH is 1. The minimum Gasteiger partial charge on any atom is -0.507 e. The summed E-state index contributed by atoms with van der Waals surface area (Å²) in [6, 6.07) is 11.3. The van der Waals surface area contributed by atoms with E-state index in [2.05, 4.69) is 4.98 Å². The largest absolute Gasteiger partial charge is 0.507 e. The van der Waals surface area contributed by atoms with Gasteiger partial charge in [0.05, 0.1) is 11.0 Å². The molecule has 0 fully saturated rings. The highest BCUT2D eigenvalue weighted by molar-refractivity contribution is 7.14. The summed E-state index contributed by atoms with van der Waals surface area (Å²) in [7, 11) is 1.77. The molecule has 2 heterocycles. The van der Waals surface area contributed by atoms with Crippen molar-refractivity contribution in [2.75, 3.05) is 6.61 Å². The fourth-order valence-electron chi connectivity index (χ4n) is 3.32. The lowest BCUT2D eigenvalue weighted by Gasteiger charge is -2.06. The number of aromatic nitrogens is 2. The van der Waals surface area contributed by atoms with E-state index in [0.717, 1.165) is 30.3 Å². The van der Waals surface area contributed by atoms with Gasteiger partial charge in [0.1, 0.15) is 23.1 Å². The topological polar surface area (TPSA) is 88.1 Å². The third-order valence-corrected chi connectivity index (χ3v) is 5.92. The maximum atomic E-state index is 12.3. The number of thiophene rings is 1. The number of benzene rings is 1. The van der Waals surface area contributed by atoms with E-state index in [1.54, 1.807) is 11.6 Å². The molecule has 0 saturated carbocycles. The van der Waals surface area contributed by atoms with Crippen LogP contribution in [0.15, 0.2) is 36.1 Å². The van der Waals surface area contributed by atoms with Crippen LogP contribution in [0.2, 0.25) is 0 Å². The first-order valence-electron chi connectivity index (χ1n) is 8.61. The molecule has 4 rings (SSSR count). The molecule has 0 aliphatic heterocycles. The molecule has 0 radical (unpaired) electrons. The molecule has 3 aromatic rings. The number of allylic oxidation sites excluding steroid dienone is 1. The van der Waals surface area contributed by atoms with Crippen molar-refractivity contribution < 1.29 is 14.6 Å². The molecule has 0 bridgehead atoms. The van der Waals surface area contributed by atoms with Crippen LogP contribution in [0.1, 0.15) is 32.4 Å². The van der Waals surface area contributed by atoms with Gasteiger partial charge in [-0.05, 0) is 43.0 Å². The molecular weight excluding hydrogens is 362 g/mol. The first kappa shape index (κ1) is 17.3. The van der Waals surface area contributed by atoms with E-state index in [1.807, 2.05) is 36.4 Å². The molecule has 0 saturated heterocycles. The molecule has 0 spiro atoms. The molecule has 6 nitrogen and oxygen atoms in total. The third-order valence-electron chi connectivity index (χ3n) is 4.70. The van der Waals surface area contributed by atoms with Crippen molar-refractivity contribution in [3.05, 3.63) is 57.2 Å². The maximum absolute atomic E-state index is 12.3. The van der Waals surface area contributed by atoms with Crippen LogP contribution >= 0.6 is 11.3 Å². The summed E-state index contributed by atoms with van der Waals surface area (Å²) in [5.74, 6) is -0.459. The lowest BCUT2D eigenvalue weighted by molar-refractivity contribution is 0.0508. The first-order chi connectivity index (χ1) is 13.1. The number of imidazole rings is 1. The molecule has 1 aliphatic rings. The molecule has 0 unspecified atom stereocenters. The van der Waals surface area contributed by atoms with Crippen LogP contribution in [0, 0.1) is 11.3 Å². The van der Waals surface area contributed by atoms with Gasteiger partial charge in [-0.1, -0.05) is 12.1 Å². The SMILES string of the molecule is Cn1c(/C(C#N)=C(\O)COC(=O)c2cc3c(s2)CCC3)nc2ccccc21. The summed E-state index contributed by atoms with van der Waals surface area (Å²) < 4.78 is 6.95. The number of para-hydroxylation sites is 2. The summed E-state index contributed by atoms with van der Waals surface area (Å²) in [6.45, 7) is -0.368. The second-order valence-electron chi connectivity index (χ2n) is 6.41. The van der Waals surface area contributed by atoms with Gasteiger partial charge in [-0.2, -0.15) is 5.26 Å². The van der Waals surface area contributed by atoms with E-state index < -0.39 is 5.97 Å². The summed E-state index contributed by atoms with van der Waals surface area (Å²) in [4.78, 5) is 18.4. The van der Waals surface area contributed by atoms with E-state index in [9.17, 15) is 15.2 Å². The molecule has 7 heteroatoms. The van der Waals surface area contributed by atoms with E-state index in [-0.39, 0.29) is 17.9 Å². The van der Waals surface area contributed by atoms with Crippen LogP contribution in [0.25, 0.3) is 16.6 Å². The van der Waals surface area contributed by atoms with Gasteiger partial charge in [0, 0.05) is 11.9 Å². The maximum Gasteiger partial charge on any atom is 0.348 e. The van der Waals surface area contributed by atoms with Crippen molar-refractivity contribution in [1.82, 2.24) is 9.55 Å². The van der Waals surface area contributed by atoms with Crippen LogP contribution in [-0.2, 0) is 24.6 Å². The van der Waals surface area contributed by atoms with Crippen molar-refractivity contribution in [2.45, 2.75) is 19.3 Å². The van der Waals surface area contributed by atoms with Gasteiger partial charge < -0.3 is 14.4 Å². The van der Waals surface area contributed by atoms with Gasteiger partial charge in [0.15, 0.2) is 11.6 Å². The third kappa shape index (κ3) is 3.09. The van der Waals surface area contributed by atoms with Crippen molar-refractivity contribution in [3.63, 3.8) is 0 Å². The van der Waals surface area contributed by atoms with Crippen LogP contribution in [-0.4, -0.2) is 27.2 Å². The standard InChI is InChI=1S/C20H17N3O3S/c1-23-15-7-3-2-6-14(15)22-19(23)13(10-21)16(24)11-26-20(25)18-9-12-5-4-8-17(12)27-18/h2-3,6-7,9,24H,4-5,8,11H2,1H3/b16-13-. The molecule has 27 heavy (non-hydrogen) atoms. The number of carbonyl (C=O) groups excluding carboxylic acids is 1.